The monoisotopic (exact) mass is 267 g/mol. The van der Waals surface area contributed by atoms with Gasteiger partial charge in [0.15, 0.2) is 14.9 Å². The molecule has 0 saturated carbocycles. The van der Waals surface area contributed by atoms with E-state index in [1.807, 2.05) is 6.92 Å². The number of hydrogen-bond acceptors (Lipinski definition) is 5. The van der Waals surface area contributed by atoms with Crippen molar-refractivity contribution < 1.29 is 16.8 Å². The maximum Gasteiger partial charge on any atom is 0.248 e. The minimum Gasteiger partial charge on any atom is -0.267 e. The van der Waals surface area contributed by atoms with Gasteiger partial charge in [-0.15, -0.1) is 0 Å². The van der Waals surface area contributed by atoms with Gasteiger partial charge < -0.3 is 0 Å². The Morgan fingerprint density at radius 1 is 1.38 bits per heavy atom. The number of H-pyrrole nitrogens is 1. The summed E-state index contributed by atoms with van der Waals surface area (Å²) in [5.74, 6) is 0.214. The molecule has 2 N–H and O–H groups in total. The van der Waals surface area contributed by atoms with E-state index in [2.05, 4.69) is 14.9 Å². The maximum absolute atomic E-state index is 11.4. The number of aromatic amines is 1. The third-order valence-corrected chi connectivity index (χ3v) is 5.19. The molecular weight excluding hydrogens is 254 g/mol. The standard InChI is InChI=1S/C7H13N3O4S2/c1-3-6-4-8-9-7(6)10-16(13,14)5-15(2,11)12/h4H,3,5H2,1-2H3,(H2,8,9,10). The normalized spacial score (nSPS) is 12.6. The van der Waals surface area contributed by atoms with E-state index in [1.165, 1.54) is 6.20 Å². The predicted octanol–water partition coefficient (Wildman–Crippen LogP) is -0.284. The van der Waals surface area contributed by atoms with E-state index in [4.69, 9.17) is 0 Å². The summed E-state index contributed by atoms with van der Waals surface area (Å²) in [6.45, 7) is 1.83. The van der Waals surface area contributed by atoms with Crippen molar-refractivity contribution in [1.29, 1.82) is 0 Å². The Balaban J connectivity index is 2.90. The fraction of sp³-hybridized carbons (Fsp3) is 0.571. The lowest BCUT2D eigenvalue weighted by Crippen LogP contribution is -2.22. The number of anilines is 1. The number of aromatic nitrogens is 2. The Hall–Kier alpha value is -1.09. The number of nitrogens with zero attached hydrogens (tertiary/aromatic N) is 1. The number of rotatable bonds is 5. The highest BCUT2D eigenvalue weighted by Gasteiger charge is 2.19. The molecule has 16 heavy (non-hydrogen) atoms. The summed E-state index contributed by atoms with van der Waals surface area (Å²) in [6.07, 6.45) is 2.94. The Morgan fingerprint density at radius 2 is 2.00 bits per heavy atom. The molecule has 0 aromatic carbocycles. The van der Waals surface area contributed by atoms with Crippen LogP contribution in [0.1, 0.15) is 12.5 Å². The lowest BCUT2D eigenvalue weighted by Gasteiger charge is -2.05. The molecular formula is C7H13N3O4S2. The van der Waals surface area contributed by atoms with Gasteiger partial charge in [0.1, 0.15) is 5.82 Å². The van der Waals surface area contributed by atoms with Gasteiger partial charge >= 0.3 is 0 Å². The zero-order valence-electron chi connectivity index (χ0n) is 8.89. The molecule has 0 unspecified atom stereocenters. The van der Waals surface area contributed by atoms with Crippen LogP contribution in [0.2, 0.25) is 0 Å². The van der Waals surface area contributed by atoms with Crippen molar-refractivity contribution in [3.8, 4) is 0 Å². The third kappa shape index (κ3) is 3.81. The van der Waals surface area contributed by atoms with Crippen LogP contribution in [-0.4, -0.2) is 38.4 Å². The molecule has 92 valence electrons. The minimum absolute atomic E-state index is 0.214. The van der Waals surface area contributed by atoms with Crippen LogP contribution in [0.3, 0.4) is 0 Å². The molecule has 0 fully saturated rings. The van der Waals surface area contributed by atoms with E-state index in [9.17, 15) is 16.8 Å². The minimum atomic E-state index is -3.90. The second-order valence-electron chi connectivity index (χ2n) is 3.38. The lowest BCUT2D eigenvalue weighted by atomic mass is 10.3. The van der Waals surface area contributed by atoms with E-state index >= 15 is 0 Å². The van der Waals surface area contributed by atoms with Crippen LogP contribution in [0.25, 0.3) is 0 Å². The first-order chi connectivity index (χ1) is 7.23. The summed E-state index contributed by atoms with van der Waals surface area (Å²) in [4.78, 5) is 0. The van der Waals surface area contributed by atoms with Gasteiger partial charge in [-0.3, -0.25) is 9.82 Å². The summed E-state index contributed by atoms with van der Waals surface area (Å²) in [7, 11) is -7.49. The zero-order valence-corrected chi connectivity index (χ0v) is 10.5. The number of aryl methyl sites for hydroxylation is 1. The summed E-state index contributed by atoms with van der Waals surface area (Å²) in [5, 5.41) is 5.19. The Morgan fingerprint density at radius 3 is 2.50 bits per heavy atom. The third-order valence-electron chi connectivity index (χ3n) is 1.73. The number of hydrogen-bond donors (Lipinski definition) is 2. The summed E-state index contributed by atoms with van der Waals surface area (Å²) >= 11 is 0. The molecule has 9 heteroatoms. The van der Waals surface area contributed by atoms with Crippen LogP contribution in [0.5, 0.6) is 0 Å². The van der Waals surface area contributed by atoms with Crippen molar-refractivity contribution >= 4 is 25.7 Å². The molecule has 0 bridgehead atoms. The van der Waals surface area contributed by atoms with Crippen LogP contribution in [0.4, 0.5) is 5.82 Å². The molecule has 0 aliphatic rings. The largest absolute Gasteiger partial charge is 0.267 e. The molecule has 0 amide bonds. The van der Waals surface area contributed by atoms with Crippen molar-refractivity contribution in [2.45, 2.75) is 13.3 Å². The topological polar surface area (TPSA) is 109 Å². The molecule has 7 nitrogen and oxygen atoms in total. The van der Waals surface area contributed by atoms with Crippen LogP contribution < -0.4 is 4.72 Å². The van der Waals surface area contributed by atoms with E-state index < -0.39 is 24.9 Å². The summed E-state index contributed by atoms with van der Waals surface area (Å²) in [6, 6.07) is 0. The van der Waals surface area contributed by atoms with E-state index in [-0.39, 0.29) is 5.82 Å². The van der Waals surface area contributed by atoms with Gasteiger partial charge in [-0.25, -0.2) is 16.8 Å². The first-order valence-corrected chi connectivity index (χ1v) is 8.15. The van der Waals surface area contributed by atoms with Crippen LogP contribution in [0.15, 0.2) is 6.20 Å². The number of sulfonamides is 1. The quantitative estimate of drug-likeness (QED) is 0.762. The van der Waals surface area contributed by atoms with Crippen molar-refractivity contribution in [2.24, 2.45) is 0 Å². The summed E-state index contributed by atoms with van der Waals surface area (Å²) < 4.78 is 46.8. The molecule has 1 rings (SSSR count). The molecule has 0 atom stereocenters. The fourth-order valence-corrected chi connectivity index (χ4v) is 4.11. The molecule has 1 heterocycles. The van der Waals surface area contributed by atoms with Crippen LogP contribution in [0, 0.1) is 0 Å². The molecule has 0 saturated heterocycles. The second kappa shape index (κ2) is 4.42. The Labute approximate surface area is 94.2 Å². The van der Waals surface area contributed by atoms with Crippen molar-refractivity contribution in [1.82, 2.24) is 10.2 Å². The first kappa shape index (κ1) is 13.0. The van der Waals surface area contributed by atoms with Gasteiger partial charge in [0.25, 0.3) is 0 Å². The smallest absolute Gasteiger partial charge is 0.248 e. The van der Waals surface area contributed by atoms with Gasteiger partial charge in [-0.1, -0.05) is 6.92 Å². The first-order valence-electron chi connectivity index (χ1n) is 4.44. The second-order valence-corrected chi connectivity index (χ2v) is 7.61. The van der Waals surface area contributed by atoms with Crippen LogP contribution >= 0.6 is 0 Å². The van der Waals surface area contributed by atoms with Gasteiger partial charge in [0.05, 0.1) is 6.20 Å². The molecule has 1 aromatic rings. The highest BCUT2D eigenvalue weighted by Crippen LogP contribution is 2.13. The Kier molecular flexibility index (Phi) is 3.58. The molecule has 1 aromatic heterocycles. The van der Waals surface area contributed by atoms with Gasteiger partial charge in [0.2, 0.25) is 10.0 Å². The average molecular weight is 267 g/mol. The fourth-order valence-electron chi connectivity index (χ4n) is 1.13. The molecule has 0 aliphatic carbocycles. The highest BCUT2D eigenvalue weighted by atomic mass is 32.3. The van der Waals surface area contributed by atoms with Gasteiger partial charge in [0, 0.05) is 11.8 Å². The molecule has 0 radical (unpaired) electrons. The van der Waals surface area contributed by atoms with Crippen molar-refractivity contribution in [3.63, 3.8) is 0 Å². The van der Waals surface area contributed by atoms with Gasteiger partial charge in [-0.05, 0) is 6.42 Å². The zero-order chi connectivity index (χ0) is 12.4. The molecule has 0 aliphatic heterocycles. The van der Waals surface area contributed by atoms with Crippen molar-refractivity contribution in [3.05, 3.63) is 11.8 Å². The number of sulfone groups is 1. The average Bonchev–Trinajstić information content (AvgIpc) is 2.45. The van der Waals surface area contributed by atoms with Crippen LogP contribution in [-0.2, 0) is 26.3 Å². The van der Waals surface area contributed by atoms with E-state index in [0.29, 0.717) is 12.0 Å². The molecule has 0 spiro atoms. The van der Waals surface area contributed by atoms with Gasteiger partial charge in [-0.2, -0.15) is 5.10 Å². The van der Waals surface area contributed by atoms with E-state index in [1.54, 1.807) is 0 Å². The Bertz CT molecular complexity index is 558. The van der Waals surface area contributed by atoms with E-state index in [0.717, 1.165) is 6.26 Å². The number of nitrogens with one attached hydrogen (secondary N) is 2. The lowest BCUT2D eigenvalue weighted by molar-refractivity contribution is 0.594. The highest BCUT2D eigenvalue weighted by molar-refractivity contribution is 8.08. The predicted molar refractivity (Wildman–Crippen MR) is 60.2 cm³/mol. The van der Waals surface area contributed by atoms with Crippen molar-refractivity contribution in [2.75, 3.05) is 16.1 Å². The maximum atomic E-state index is 11.4. The summed E-state index contributed by atoms with van der Waals surface area (Å²) in [5.41, 5.74) is 0.678. The SMILES string of the molecule is CCc1cn[nH]c1NS(=O)(=O)CS(C)(=O)=O.